The molecule has 0 unspecified atom stereocenters. The van der Waals surface area contributed by atoms with Gasteiger partial charge in [-0.15, -0.1) is 0 Å². The highest BCUT2D eigenvalue weighted by Crippen LogP contribution is 2.44. The number of carbonyl (C=O) groups excluding carboxylic acids is 2. The van der Waals surface area contributed by atoms with Crippen molar-refractivity contribution in [1.29, 1.82) is 0 Å². The molecule has 0 aromatic heterocycles. The highest BCUT2D eigenvalue weighted by Gasteiger charge is 2.37. The van der Waals surface area contributed by atoms with E-state index < -0.39 is 30.1 Å². The third-order valence-corrected chi connectivity index (χ3v) is 6.44. The molecule has 2 amide bonds. The molecule has 1 aliphatic heterocycles. The normalized spacial score (nSPS) is 17.8. The Kier molecular flexibility index (Phi) is 6.93. The highest BCUT2D eigenvalue weighted by molar-refractivity contribution is 5.89. The molecular weight excluding hydrogens is 422 g/mol. The van der Waals surface area contributed by atoms with Crippen LogP contribution in [0.15, 0.2) is 48.5 Å². The summed E-state index contributed by atoms with van der Waals surface area (Å²) in [5, 5.41) is 11.9. The van der Waals surface area contributed by atoms with Gasteiger partial charge in [0.15, 0.2) is 0 Å². The van der Waals surface area contributed by atoms with Gasteiger partial charge in [0.2, 0.25) is 5.91 Å². The Morgan fingerprint density at radius 1 is 1.09 bits per heavy atom. The molecule has 33 heavy (non-hydrogen) atoms. The van der Waals surface area contributed by atoms with Crippen molar-refractivity contribution in [2.75, 3.05) is 19.7 Å². The van der Waals surface area contributed by atoms with Crippen LogP contribution in [0.3, 0.4) is 0 Å². The van der Waals surface area contributed by atoms with Crippen LogP contribution in [-0.2, 0) is 14.3 Å². The van der Waals surface area contributed by atoms with Crippen molar-refractivity contribution < 1.29 is 24.2 Å². The fourth-order valence-corrected chi connectivity index (χ4v) is 4.78. The largest absolute Gasteiger partial charge is 0.480 e. The van der Waals surface area contributed by atoms with Crippen molar-refractivity contribution in [2.24, 2.45) is 5.73 Å². The number of fused-ring (bicyclic) bond motifs is 3. The quantitative estimate of drug-likeness (QED) is 0.567. The monoisotopic (exact) mass is 451 g/mol. The third kappa shape index (κ3) is 4.71. The van der Waals surface area contributed by atoms with E-state index in [1.807, 2.05) is 36.4 Å². The van der Waals surface area contributed by atoms with Gasteiger partial charge in [0, 0.05) is 12.5 Å². The zero-order valence-electron chi connectivity index (χ0n) is 18.4. The van der Waals surface area contributed by atoms with Crippen LogP contribution in [0, 0.1) is 0 Å². The number of hydrogen-bond donors (Lipinski definition) is 3. The number of nitrogens with two attached hydrogens (primary N) is 1. The number of carboxylic acid groups (broad SMARTS) is 1. The number of hydrogen-bond acceptors (Lipinski definition) is 5. The summed E-state index contributed by atoms with van der Waals surface area (Å²) in [6, 6.07) is 14.4. The first-order valence-corrected chi connectivity index (χ1v) is 11.4. The molecule has 8 heteroatoms. The molecule has 4 rings (SSSR count). The van der Waals surface area contributed by atoms with Gasteiger partial charge in [-0.3, -0.25) is 9.69 Å². The minimum atomic E-state index is -1.11. The Balaban J connectivity index is 1.41. The van der Waals surface area contributed by atoms with E-state index in [0.717, 1.165) is 22.3 Å². The van der Waals surface area contributed by atoms with Gasteiger partial charge >= 0.3 is 12.1 Å². The van der Waals surface area contributed by atoms with Gasteiger partial charge in [-0.2, -0.15) is 0 Å². The van der Waals surface area contributed by atoms with Crippen LogP contribution in [-0.4, -0.2) is 59.8 Å². The average Bonchev–Trinajstić information content (AvgIpc) is 3.43. The van der Waals surface area contributed by atoms with Crippen LogP contribution in [0.5, 0.6) is 0 Å². The Morgan fingerprint density at radius 2 is 1.73 bits per heavy atom. The number of likely N-dealkylation sites (tertiary alicyclic amines) is 1. The van der Waals surface area contributed by atoms with E-state index in [1.54, 1.807) is 0 Å². The fourth-order valence-electron chi connectivity index (χ4n) is 4.78. The number of carbonyl (C=O) groups is 3. The van der Waals surface area contributed by atoms with Gasteiger partial charge in [-0.25, -0.2) is 9.59 Å². The number of amides is 2. The topological polar surface area (TPSA) is 122 Å². The SMILES string of the molecule is NCCC[C@H](NC(=O)[C@@H]1CCCN1C(=O)OCC1c2ccccc2-c2ccccc21)C(=O)O. The standard InChI is InChI=1S/C25H29N3O5/c26-13-5-11-21(24(30)31)27-23(29)22-12-6-14-28(22)25(32)33-15-20-18-9-3-1-7-16(18)17-8-2-4-10-19(17)20/h1-4,7-10,20-22H,5-6,11-15,26H2,(H,27,29)(H,30,31)/t21-,22-/m0/s1. The Labute approximate surface area is 192 Å². The van der Waals surface area contributed by atoms with Crippen molar-refractivity contribution in [3.63, 3.8) is 0 Å². The summed E-state index contributed by atoms with van der Waals surface area (Å²) in [5.41, 5.74) is 9.98. The molecular formula is C25H29N3O5. The maximum atomic E-state index is 12.9. The van der Waals surface area contributed by atoms with Crippen molar-refractivity contribution >= 4 is 18.0 Å². The van der Waals surface area contributed by atoms with E-state index in [1.165, 1.54) is 4.90 Å². The van der Waals surface area contributed by atoms with Crippen LogP contribution in [0.4, 0.5) is 4.79 Å². The lowest BCUT2D eigenvalue weighted by Gasteiger charge is -2.25. The minimum absolute atomic E-state index is 0.0658. The summed E-state index contributed by atoms with van der Waals surface area (Å²) in [7, 11) is 0. The average molecular weight is 452 g/mol. The second-order valence-electron chi connectivity index (χ2n) is 8.49. The van der Waals surface area contributed by atoms with Gasteiger partial charge in [-0.1, -0.05) is 48.5 Å². The van der Waals surface area contributed by atoms with Gasteiger partial charge in [0.1, 0.15) is 18.7 Å². The van der Waals surface area contributed by atoms with Crippen molar-refractivity contribution in [3.05, 3.63) is 59.7 Å². The van der Waals surface area contributed by atoms with E-state index in [2.05, 4.69) is 17.4 Å². The molecule has 2 atom stereocenters. The molecule has 0 saturated carbocycles. The minimum Gasteiger partial charge on any atom is -0.480 e. The summed E-state index contributed by atoms with van der Waals surface area (Å²) >= 11 is 0. The van der Waals surface area contributed by atoms with Crippen molar-refractivity contribution in [3.8, 4) is 11.1 Å². The molecule has 1 heterocycles. The zero-order valence-corrected chi connectivity index (χ0v) is 18.4. The Hall–Kier alpha value is -3.39. The number of benzene rings is 2. The summed E-state index contributed by atoms with van der Waals surface area (Å²) < 4.78 is 5.70. The van der Waals surface area contributed by atoms with Crippen LogP contribution in [0.25, 0.3) is 11.1 Å². The lowest BCUT2D eigenvalue weighted by atomic mass is 9.98. The van der Waals surface area contributed by atoms with Gasteiger partial charge in [0.05, 0.1) is 0 Å². The van der Waals surface area contributed by atoms with Crippen LogP contribution in [0.1, 0.15) is 42.7 Å². The molecule has 174 valence electrons. The Bertz CT molecular complexity index is 995. The first-order chi connectivity index (χ1) is 16.0. The molecule has 1 fully saturated rings. The molecule has 2 aliphatic rings. The number of ether oxygens (including phenoxy) is 1. The first-order valence-electron chi connectivity index (χ1n) is 11.4. The number of carboxylic acids is 1. The molecule has 8 nitrogen and oxygen atoms in total. The molecule has 0 bridgehead atoms. The smallest absolute Gasteiger partial charge is 0.410 e. The van der Waals surface area contributed by atoms with Crippen LogP contribution in [0.2, 0.25) is 0 Å². The maximum absolute atomic E-state index is 12.9. The van der Waals surface area contributed by atoms with Crippen LogP contribution < -0.4 is 11.1 Å². The zero-order chi connectivity index (χ0) is 23.4. The fraction of sp³-hybridized carbons (Fsp3) is 0.400. The summed E-state index contributed by atoms with van der Waals surface area (Å²) in [6.07, 6.45) is 1.30. The predicted molar refractivity (Wildman–Crippen MR) is 123 cm³/mol. The maximum Gasteiger partial charge on any atom is 0.410 e. The molecule has 0 spiro atoms. The lowest BCUT2D eigenvalue weighted by molar-refractivity contribution is -0.142. The van der Waals surface area contributed by atoms with E-state index in [-0.39, 0.29) is 18.9 Å². The molecule has 0 radical (unpaired) electrons. The first kappa shape index (κ1) is 22.8. The van der Waals surface area contributed by atoms with Crippen molar-refractivity contribution in [2.45, 2.75) is 43.7 Å². The predicted octanol–water partition coefficient (Wildman–Crippen LogP) is 2.71. The molecule has 2 aromatic carbocycles. The number of aliphatic carboxylic acids is 1. The molecule has 1 saturated heterocycles. The summed E-state index contributed by atoms with van der Waals surface area (Å²) in [5.74, 6) is -1.64. The van der Waals surface area contributed by atoms with E-state index >= 15 is 0 Å². The van der Waals surface area contributed by atoms with Gasteiger partial charge in [0.25, 0.3) is 0 Å². The second kappa shape index (κ2) is 10.0. The molecule has 4 N–H and O–H groups in total. The molecule has 1 aliphatic carbocycles. The summed E-state index contributed by atoms with van der Waals surface area (Å²) in [6.45, 7) is 0.913. The highest BCUT2D eigenvalue weighted by atomic mass is 16.6. The van der Waals surface area contributed by atoms with E-state index in [0.29, 0.717) is 32.4 Å². The lowest BCUT2D eigenvalue weighted by Crippen LogP contribution is -2.51. The molecule has 2 aromatic rings. The third-order valence-electron chi connectivity index (χ3n) is 6.44. The number of nitrogens with one attached hydrogen (secondary N) is 1. The number of nitrogens with zero attached hydrogens (tertiary/aromatic N) is 1. The second-order valence-corrected chi connectivity index (χ2v) is 8.49. The van der Waals surface area contributed by atoms with Crippen LogP contribution >= 0.6 is 0 Å². The van der Waals surface area contributed by atoms with E-state index in [4.69, 9.17) is 10.5 Å². The van der Waals surface area contributed by atoms with Gasteiger partial charge in [-0.05, 0) is 54.5 Å². The Morgan fingerprint density at radius 3 is 2.33 bits per heavy atom. The number of rotatable bonds is 8. The summed E-state index contributed by atoms with van der Waals surface area (Å²) in [4.78, 5) is 38.6. The van der Waals surface area contributed by atoms with E-state index in [9.17, 15) is 19.5 Å². The van der Waals surface area contributed by atoms with Gasteiger partial charge < -0.3 is 20.9 Å². The van der Waals surface area contributed by atoms with Crippen molar-refractivity contribution in [1.82, 2.24) is 10.2 Å².